The van der Waals surface area contributed by atoms with Gasteiger partial charge in [0.25, 0.3) is 0 Å². The third kappa shape index (κ3) is 3.77. The lowest BCUT2D eigenvalue weighted by Gasteiger charge is -2.26. The summed E-state index contributed by atoms with van der Waals surface area (Å²) in [5, 5.41) is 4.36. The van der Waals surface area contributed by atoms with Crippen molar-refractivity contribution in [3.05, 3.63) is 78.1 Å². The molecule has 0 bridgehead atoms. The smallest absolute Gasteiger partial charge is 0.227 e. The molecule has 26 heavy (non-hydrogen) atoms. The predicted octanol–water partition coefficient (Wildman–Crippen LogP) is 3.64. The van der Waals surface area contributed by atoms with Gasteiger partial charge in [0.1, 0.15) is 5.75 Å². The van der Waals surface area contributed by atoms with Crippen molar-refractivity contribution in [3.63, 3.8) is 0 Å². The molecule has 1 aromatic heterocycles. The maximum absolute atomic E-state index is 12.7. The van der Waals surface area contributed by atoms with Crippen LogP contribution in [-0.2, 0) is 11.2 Å². The molecule has 1 heterocycles. The molecule has 0 spiro atoms. The fourth-order valence-electron chi connectivity index (χ4n) is 2.91. The highest BCUT2D eigenvalue weighted by molar-refractivity contribution is 5.79. The molecule has 3 rings (SSSR count). The molecule has 0 aliphatic rings. The lowest BCUT2D eigenvalue weighted by Crippen LogP contribution is -2.31. The Morgan fingerprint density at radius 2 is 1.85 bits per heavy atom. The molecule has 0 fully saturated rings. The summed E-state index contributed by atoms with van der Waals surface area (Å²) in [6.45, 7) is 2.00. The quantitative estimate of drug-likeness (QED) is 0.682. The molecule has 2 aromatic carbocycles. The number of rotatable bonds is 6. The van der Waals surface area contributed by atoms with Crippen molar-refractivity contribution in [1.29, 1.82) is 0 Å². The minimum atomic E-state index is -0.0807. The third-order valence-electron chi connectivity index (χ3n) is 4.58. The minimum absolute atomic E-state index is 0.0380. The number of hydrogen-bond acceptors (Lipinski definition) is 3. The van der Waals surface area contributed by atoms with Gasteiger partial charge >= 0.3 is 0 Å². The van der Waals surface area contributed by atoms with E-state index in [9.17, 15) is 4.79 Å². The summed E-state index contributed by atoms with van der Waals surface area (Å²) in [5.41, 5.74) is 2.85. The van der Waals surface area contributed by atoms with Gasteiger partial charge in [-0.25, -0.2) is 4.68 Å². The summed E-state index contributed by atoms with van der Waals surface area (Å²) in [6, 6.07) is 17.5. The molecule has 0 aliphatic carbocycles. The second-order valence-corrected chi connectivity index (χ2v) is 6.23. The molecule has 0 N–H and O–H groups in total. The number of likely N-dealkylation sites (N-methyl/N-ethyl adjacent to an activating group) is 1. The molecule has 0 saturated heterocycles. The number of carbonyl (C=O) groups is 1. The van der Waals surface area contributed by atoms with Crippen LogP contribution in [0.2, 0.25) is 0 Å². The highest BCUT2D eigenvalue weighted by Gasteiger charge is 2.20. The summed E-state index contributed by atoms with van der Waals surface area (Å²) in [4.78, 5) is 14.5. The van der Waals surface area contributed by atoms with E-state index in [1.54, 1.807) is 22.9 Å². The normalized spacial score (nSPS) is 11.8. The third-order valence-corrected chi connectivity index (χ3v) is 4.58. The van der Waals surface area contributed by atoms with Gasteiger partial charge in [0.15, 0.2) is 0 Å². The highest BCUT2D eigenvalue weighted by atomic mass is 16.5. The van der Waals surface area contributed by atoms with E-state index in [0.29, 0.717) is 6.42 Å². The van der Waals surface area contributed by atoms with E-state index in [1.807, 2.05) is 74.8 Å². The second kappa shape index (κ2) is 7.87. The summed E-state index contributed by atoms with van der Waals surface area (Å²) < 4.78 is 7.20. The largest absolute Gasteiger partial charge is 0.496 e. The Kier molecular flexibility index (Phi) is 5.37. The lowest BCUT2D eigenvalue weighted by atomic mass is 10.1. The number of amides is 1. The van der Waals surface area contributed by atoms with E-state index < -0.39 is 0 Å². The average molecular weight is 349 g/mol. The lowest BCUT2D eigenvalue weighted by molar-refractivity contribution is -0.131. The Balaban J connectivity index is 1.71. The SMILES string of the molecule is COc1ccccc1C(C)N(C)C(=O)Cc1cnn(-c2ccccc2)c1. The van der Waals surface area contributed by atoms with Crippen molar-refractivity contribution >= 4 is 5.91 Å². The fourth-order valence-corrected chi connectivity index (χ4v) is 2.91. The molecular formula is C21H23N3O2. The van der Waals surface area contributed by atoms with E-state index >= 15 is 0 Å². The van der Waals surface area contributed by atoms with Crippen molar-refractivity contribution in [2.45, 2.75) is 19.4 Å². The molecule has 1 unspecified atom stereocenters. The van der Waals surface area contributed by atoms with Crippen LogP contribution < -0.4 is 4.74 Å². The van der Waals surface area contributed by atoms with Gasteiger partial charge in [-0.05, 0) is 30.7 Å². The van der Waals surface area contributed by atoms with Gasteiger partial charge in [-0.15, -0.1) is 0 Å². The zero-order valence-corrected chi connectivity index (χ0v) is 15.3. The first-order valence-corrected chi connectivity index (χ1v) is 8.57. The molecule has 0 aliphatic heterocycles. The van der Waals surface area contributed by atoms with Crippen molar-refractivity contribution in [3.8, 4) is 11.4 Å². The molecule has 3 aromatic rings. The van der Waals surface area contributed by atoms with Crippen LogP contribution in [0.15, 0.2) is 67.0 Å². The molecular weight excluding hydrogens is 326 g/mol. The number of hydrogen-bond donors (Lipinski definition) is 0. The van der Waals surface area contributed by atoms with Crippen LogP contribution >= 0.6 is 0 Å². The molecule has 0 radical (unpaired) electrons. The number of para-hydroxylation sites is 2. The Labute approximate surface area is 153 Å². The Bertz CT molecular complexity index is 874. The standard InChI is InChI=1S/C21H23N3O2/c1-16(19-11-7-8-12-20(19)26-3)23(2)21(25)13-17-14-22-24(15-17)18-9-5-4-6-10-18/h4-12,14-16H,13H2,1-3H3. The van der Waals surface area contributed by atoms with E-state index in [-0.39, 0.29) is 11.9 Å². The molecule has 5 heteroatoms. The van der Waals surface area contributed by atoms with Crippen LogP contribution in [0, 0.1) is 0 Å². The van der Waals surface area contributed by atoms with E-state index in [2.05, 4.69) is 5.10 Å². The summed E-state index contributed by atoms with van der Waals surface area (Å²) in [7, 11) is 3.46. The van der Waals surface area contributed by atoms with Gasteiger partial charge in [0.2, 0.25) is 5.91 Å². The van der Waals surface area contributed by atoms with Gasteiger partial charge in [-0.2, -0.15) is 5.10 Å². The Morgan fingerprint density at radius 1 is 1.15 bits per heavy atom. The van der Waals surface area contributed by atoms with Gasteiger partial charge < -0.3 is 9.64 Å². The van der Waals surface area contributed by atoms with Crippen LogP contribution in [0.1, 0.15) is 24.1 Å². The maximum atomic E-state index is 12.7. The van der Waals surface area contributed by atoms with E-state index in [4.69, 9.17) is 4.74 Å². The van der Waals surface area contributed by atoms with Gasteiger partial charge in [-0.1, -0.05) is 36.4 Å². The van der Waals surface area contributed by atoms with E-state index in [1.165, 1.54) is 0 Å². The van der Waals surface area contributed by atoms with Crippen LogP contribution in [0.25, 0.3) is 5.69 Å². The maximum Gasteiger partial charge on any atom is 0.227 e. The summed E-state index contributed by atoms with van der Waals surface area (Å²) in [5.74, 6) is 0.826. The van der Waals surface area contributed by atoms with Crippen LogP contribution in [0.5, 0.6) is 5.75 Å². The number of methoxy groups -OCH3 is 1. The minimum Gasteiger partial charge on any atom is -0.496 e. The second-order valence-electron chi connectivity index (χ2n) is 6.23. The first-order valence-electron chi connectivity index (χ1n) is 8.57. The topological polar surface area (TPSA) is 47.4 Å². The van der Waals surface area contributed by atoms with Gasteiger partial charge in [0, 0.05) is 18.8 Å². The summed E-state index contributed by atoms with van der Waals surface area (Å²) in [6.07, 6.45) is 3.95. The Hall–Kier alpha value is -3.08. The van der Waals surface area contributed by atoms with Crippen molar-refractivity contribution in [1.82, 2.24) is 14.7 Å². The van der Waals surface area contributed by atoms with Crippen molar-refractivity contribution in [2.24, 2.45) is 0 Å². The first kappa shape index (κ1) is 17.7. The number of carbonyl (C=O) groups excluding carboxylic acids is 1. The highest BCUT2D eigenvalue weighted by Crippen LogP contribution is 2.28. The monoisotopic (exact) mass is 349 g/mol. The Morgan fingerprint density at radius 3 is 2.58 bits per heavy atom. The van der Waals surface area contributed by atoms with Crippen molar-refractivity contribution in [2.75, 3.05) is 14.2 Å². The number of aromatic nitrogens is 2. The number of benzene rings is 2. The van der Waals surface area contributed by atoms with Crippen molar-refractivity contribution < 1.29 is 9.53 Å². The van der Waals surface area contributed by atoms with E-state index in [0.717, 1.165) is 22.6 Å². The molecule has 5 nitrogen and oxygen atoms in total. The van der Waals surface area contributed by atoms with Crippen LogP contribution in [0.3, 0.4) is 0 Å². The molecule has 1 atom stereocenters. The first-order chi connectivity index (χ1) is 12.6. The zero-order chi connectivity index (χ0) is 18.5. The average Bonchev–Trinajstić information content (AvgIpc) is 3.16. The van der Waals surface area contributed by atoms with Gasteiger partial charge in [0.05, 0.1) is 31.5 Å². The zero-order valence-electron chi connectivity index (χ0n) is 15.3. The predicted molar refractivity (Wildman–Crippen MR) is 101 cm³/mol. The van der Waals surface area contributed by atoms with Crippen LogP contribution in [-0.4, -0.2) is 34.7 Å². The molecule has 0 saturated carbocycles. The van der Waals surface area contributed by atoms with Gasteiger partial charge in [-0.3, -0.25) is 4.79 Å². The molecule has 1 amide bonds. The number of ether oxygens (including phenoxy) is 1. The summed E-state index contributed by atoms with van der Waals surface area (Å²) >= 11 is 0. The number of nitrogens with zero attached hydrogens (tertiary/aromatic N) is 3. The fraction of sp³-hybridized carbons (Fsp3) is 0.238. The molecule has 134 valence electrons. The van der Waals surface area contributed by atoms with Crippen LogP contribution in [0.4, 0.5) is 0 Å².